The Labute approximate surface area is 153 Å². The molecule has 0 amide bonds. The largest absolute Gasteiger partial charge is 0.162 e. The van der Waals surface area contributed by atoms with Crippen LogP contribution in [0.3, 0.4) is 0 Å². The Morgan fingerprint density at radius 2 is 1.39 bits per heavy atom. The van der Waals surface area contributed by atoms with Gasteiger partial charge >= 0.3 is 0 Å². The summed E-state index contributed by atoms with van der Waals surface area (Å²) in [5, 5.41) is 0. The summed E-state index contributed by atoms with van der Waals surface area (Å²) in [6, 6.07) is 1.34. The van der Waals surface area contributed by atoms with Crippen LogP contribution < -0.4 is 0 Å². The molecule has 0 heterocycles. The monoisotopic (exact) mass is 354 g/mol. The molecule has 0 nitrogen and oxygen atoms in total. The summed E-state index contributed by atoms with van der Waals surface area (Å²) in [4.78, 5) is 0. The van der Waals surface area contributed by atoms with Gasteiger partial charge in [-0.05, 0) is 42.7 Å². The normalized spacial score (nSPS) is 11.6. The molecule has 0 saturated heterocycles. The maximum absolute atomic E-state index is 3.62. The minimum absolute atomic E-state index is 0.802. The molecule has 0 aliphatic rings. The van der Waals surface area contributed by atoms with Gasteiger partial charge in [0.15, 0.2) is 0 Å². The van der Waals surface area contributed by atoms with Crippen molar-refractivity contribution in [3.8, 4) is 11.5 Å². The average Bonchev–Trinajstić information content (AvgIpc) is 2.46. The molecule has 0 rings (SSSR count). The van der Waals surface area contributed by atoms with Gasteiger partial charge in [-0.3, -0.25) is 0 Å². The van der Waals surface area contributed by atoms with Crippen LogP contribution in [0.1, 0.15) is 85.0 Å². The van der Waals surface area contributed by atoms with Crippen LogP contribution in [0.15, 0.2) is 0 Å². The van der Waals surface area contributed by atoms with Crippen molar-refractivity contribution < 1.29 is 0 Å². The standard InChI is InChI=1S/C21H42SSi/c1-6-17-22-18-15-13-11-9-7-8-10-12-14-16-19-23(4,5)20-21(2)3/h21H,6-15,17-18,20H2,1-5H3. The molecule has 2 heteroatoms. The third kappa shape index (κ3) is 18.3. The summed E-state index contributed by atoms with van der Waals surface area (Å²) in [6.07, 6.45) is 13.8. The van der Waals surface area contributed by atoms with E-state index < -0.39 is 8.07 Å². The van der Waals surface area contributed by atoms with Crippen LogP contribution in [0, 0.1) is 17.4 Å². The maximum Gasteiger partial charge on any atom is 0.132 e. The van der Waals surface area contributed by atoms with Crippen molar-refractivity contribution >= 4 is 19.8 Å². The Bertz CT molecular complexity index is 312. The predicted octanol–water partition coefficient (Wildman–Crippen LogP) is 7.55. The minimum Gasteiger partial charge on any atom is -0.162 e. The molecule has 0 N–H and O–H groups in total. The van der Waals surface area contributed by atoms with E-state index in [1.54, 1.807) is 0 Å². The molecule has 0 aromatic rings. The van der Waals surface area contributed by atoms with Crippen molar-refractivity contribution in [2.75, 3.05) is 11.5 Å². The molecule has 0 atom stereocenters. The van der Waals surface area contributed by atoms with Crippen molar-refractivity contribution in [3.05, 3.63) is 0 Å². The summed E-state index contributed by atoms with van der Waals surface area (Å²) in [6.45, 7) is 11.7. The van der Waals surface area contributed by atoms with Gasteiger partial charge in [0.25, 0.3) is 0 Å². The zero-order valence-corrected chi connectivity index (χ0v) is 18.5. The topological polar surface area (TPSA) is 0 Å². The summed E-state index contributed by atoms with van der Waals surface area (Å²) < 4.78 is 0. The Hall–Kier alpha value is 0.127. The smallest absolute Gasteiger partial charge is 0.132 e. The predicted molar refractivity (Wildman–Crippen MR) is 114 cm³/mol. The number of unbranched alkanes of at least 4 members (excludes halogenated alkanes) is 8. The molecule has 0 spiro atoms. The van der Waals surface area contributed by atoms with E-state index in [1.165, 1.54) is 75.3 Å². The third-order valence-electron chi connectivity index (χ3n) is 4.03. The van der Waals surface area contributed by atoms with Gasteiger partial charge in [0.05, 0.1) is 0 Å². The third-order valence-corrected chi connectivity index (χ3v) is 8.00. The average molecular weight is 355 g/mol. The molecule has 0 unspecified atom stereocenters. The van der Waals surface area contributed by atoms with E-state index in [1.807, 2.05) is 0 Å². The fourth-order valence-electron chi connectivity index (χ4n) is 3.10. The van der Waals surface area contributed by atoms with Crippen molar-refractivity contribution in [3.63, 3.8) is 0 Å². The Kier molecular flexibility index (Phi) is 15.7. The van der Waals surface area contributed by atoms with Crippen LogP contribution in [0.25, 0.3) is 0 Å². The van der Waals surface area contributed by atoms with Crippen molar-refractivity contribution in [2.24, 2.45) is 5.92 Å². The number of thioether (sulfide) groups is 1. The second-order valence-corrected chi connectivity index (χ2v) is 13.6. The van der Waals surface area contributed by atoms with Crippen LogP contribution in [-0.4, -0.2) is 19.6 Å². The molecule has 23 heavy (non-hydrogen) atoms. The molecular formula is C21H42SSi. The van der Waals surface area contributed by atoms with Gasteiger partial charge < -0.3 is 0 Å². The van der Waals surface area contributed by atoms with E-state index in [0.29, 0.717) is 0 Å². The molecular weight excluding hydrogens is 312 g/mol. The van der Waals surface area contributed by atoms with Crippen LogP contribution in [0.2, 0.25) is 19.1 Å². The maximum atomic E-state index is 3.62. The van der Waals surface area contributed by atoms with Gasteiger partial charge in [-0.15, -0.1) is 11.5 Å². The molecule has 0 aromatic carbocycles. The highest BCUT2D eigenvalue weighted by molar-refractivity contribution is 7.99. The molecule has 0 radical (unpaired) electrons. The van der Waals surface area contributed by atoms with Gasteiger partial charge in [0, 0.05) is 6.42 Å². The van der Waals surface area contributed by atoms with Crippen molar-refractivity contribution in [1.82, 2.24) is 0 Å². The fourth-order valence-corrected chi connectivity index (χ4v) is 6.75. The first-order valence-corrected chi connectivity index (χ1v) is 14.4. The van der Waals surface area contributed by atoms with Crippen LogP contribution >= 0.6 is 11.8 Å². The van der Waals surface area contributed by atoms with E-state index in [-0.39, 0.29) is 0 Å². The number of hydrogen-bond donors (Lipinski definition) is 0. The van der Waals surface area contributed by atoms with Gasteiger partial charge in [-0.2, -0.15) is 11.8 Å². The van der Waals surface area contributed by atoms with E-state index in [4.69, 9.17) is 0 Å². The Balaban J connectivity index is 3.34. The highest BCUT2D eigenvalue weighted by Gasteiger charge is 2.18. The number of hydrogen-bond acceptors (Lipinski definition) is 1. The van der Waals surface area contributed by atoms with E-state index in [9.17, 15) is 0 Å². The first-order valence-electron chi connectivity index (χ1n) is 10.1. The summed E-state index contributed by atoms with van der Waals surface area (Å²) >= 11 is 2.13. The summed E-state index contributed by atoms with van der Waals surface area (Å²) in [5.41, 5.74) is 3.62. The lowest BCUT2D eigenvalue weighted by Crippen LogP contribution is -2.25. The van der Waals surface area contributed by atoms with Crippen LogP contribution in [0.4, 0.5) is 0 Å². The Morgan fingerprint density at radius 3 is 1.96 bits per heavy atom. The molecule has 0 fully saturated rings. The molecule has 0 bridgehead atoms. The first kappa shape index (κ1) is 23.1. The number of rotatable bonds is 14. The molecule has 136 valence electrons. The van der Waals surface area contributed by atoms with Crippen LogP contribution in [-0.2, 0) is 0 Å². The summed E-state index contributed by atoms with van der Waals surface area (Å²) in [5.74, 6) is 7.00. The lowest BCUT2D eigenvalue weighted by Gasteiger charge is -2.16. The zero-order valence-electron chi connectivity index (χ0n) is 16.7. The molecule has 0 saturated carbocycles. The van der Waals surface area contributed by atoms with Gasteiger partial charge in [-0.1, -0.05) is 72.4 Å². The second kappa shape index (κ2) is 15.6. The van der Waals surface area contributed by atoms with E-state index >= 15 is 0 Å². The van der Waals surface area contributed by atoms with E-state index in [0.717, 1.165) is 12.3 Å². The minimum atomic E-state index is -1.23. The molecule has 0 aromatic heterocycles. The zero-order chi connectivity index (χ0) is 17.4. The van der Waals surface area contributed by atoms with E-state index in [2.05, 4.69) is 57.1 Å². The SMILES string of the molecule is CCCSCCCCCCCCCCC#C[Si](C)(C)CC(C)C. The molecule has 0 aliphatic heterocycles. The lowest BCUT2D eigenvalue weighted by atomic mass is 10.1. The van der Waals surface area contributed by atoms with Gasteiger partial charge in [0.2, 0.25) is 0 Å². The van der Waals surface area contributed by atoms with Gasteiger partial charge in [-0.25, -0.2) is 0 Å². The van der Waals surface area contributed by atoms with Gasteiger partial charge in [0.1, 0.15) is 8.07 Å². The second-order valence-electron chi connectivity index (χ2n) is 7.97. The van der Waals surface area contributed by atoms with Crippen LogP contribution in [0.5, 0.6) is 0 Å². The Morgan fingerprint density at radius 1 is 0.826 bits per heavy atom. The van der Waals surface area contributed by atoms with Crippen molar-refractivity contribution in [1.29, 1.82) is 0 Å². The quantitative estimate of drug-likeness (QED) is 0.176. The lowest BCUT2D eigenvalue weighted by molar-refractivity contribution is 0.580. The van der Waals surface area contributed by atoms with Crippen molar-refractivity contribution in [2.45, 2.75) is 104 Å². The highest BCUT2D eigenvalue weighted by Crippen LogP contribution is 2.15. The highest BCUT2D eigenvalue weighted by atomic mass is 32.2. The fraction of sp³-hybridized carbons (Fsp3) is 0.905. The summed E-state index contributed by atoms with van der Waals surface area (Å²) in [7, 11) is -1.23. The molecule has 0 aliphatic carbocycles. The first-order chi connectivity index (χ1) is 11.0.